The first-order valence-electron chi connectivity index (χ1n) is 4.56. The average Bonchev–Trinajstić information content (AvgIpc) is 2.30. The van der Waals surface area contributed by atoms with Crippen LogP contribution in [0.15, 0.2) is 36.8 Å². The van der Waals surface area contributed by atoms with Crippen molar-refractivity contribution in [1.29, 1.82) is 0 Å². The summed E-state index contributed by atoms with van der Waals surface area (Å²) in [6.07, 6.45) is 8.76. The molecule has 1 aromatic rings. The molecule has 1 aliphatic rings. The van der Waals surface area contributed by atoms with Gasteiger partial charge in [0, 0.05) is 30.7 Å². The van der Waals surface area contributed by atoms with Crippen molar-refractivity contribution in [3.05, 3.63) is 47.9 Å². The van der Waals surface area contributed by atoms with E-state index in [1.54, 1.807) is 12.3 Å². The smallest absolute Gasteiger partial charge is 0.337 e. The molecule has 2 heterocycles. The number of pyridine rings is 1. The Kier molecular flexibility index (Phi) is 2.49. The number of nitrogens with one attached hydrogen (secondary N) is 1. The van der Waals surface area contributed by atoms with Gasteiger partial charge in [0.2, 0.25) is 0 Å². The van der Waals surface area contributed by atoms with Crippen LogP contribution in [0, 0.1) is 0 Å². The summed E-state index contributed by atoms with van der Waals surface area (Å²) >= 11 is 0. The first-order valence-corrected chi connectivity index (χ1v) is 4.56. The van der Waals surface area contributed by atoms with Crippen molar-refractivity contribution in [2.24, 2.45) is 0 Å². The lowest BCUT2D eigenvalue weighted by atomic mass is 10.1. The molecule has 0 aliphatic carbocycles. The van der Waals surface area contributed by atoms with E-state index in [-0.39, 0.29) is 5.56 Å². The number of carboxylic acid groups (broad SMARTS) is 1. The first kappa shape index (κ1) is 9.45. The van der Waals surface area contributed by atoms with E-state index < -0.39 is 5.97 Å². The zero-order chi connectivity index (χ0) is 10.7. The summed E-state index contributed by atoms with van der Waals surface area (Å²) in [5.74, 6) is -0.960. The third kappa shape index (κ3) is 2.04. The molecule has 0 spiro atoms. The van der Waals surface area contributed by atoms with Gasteiger partial charge >= 0.3 is 5.97 Å². The molecule has 0 unspecified atom stereocenters. The van der Waals surface area contributed by atoms with E-state index in [0.717, 1.165) is 17.7 Å². The maximum Gasteiger partial charge on any atom is 0.337 e. The summed E-state index contributed by atoms with van der Waals surface area (Å²) in [6, 6.07) is 1.61. The normalized spacial score (nSPS) is 14.3. The average molecular weight is 202 g/mol. The van der Waals surface area contributed by atoms with Crippen molar-refractivity contribution >= 4 is 11.5 Å². The summed E-state index contributed by atoms with van der Waals surface area (Å²) < 4.78 is 0. The highest BCUT2D eigenvalue weighted by Crippen LogP contribution is 2.16. The van der Waals surface area contributed by atoms with Gasteiger partial charge in [-0.05, 0) is 11.6 Å². The molecule has 0 aromatic carbocycles. The number of aromatic carboxylic acids is 1. The Balaban J connectivity index is 2.36. The van der Waals surface area contributed by atoms with E-state index in [4.69, 9.17) is 5.11 Å². The van der Waals surface area contributed by atoms with Crippen LogP contribution in [-0.4, -0.2) is 22.6 Å². The van der Waals surface area contributed by atoms with Crippen LogP contribution in [-0.2, 0) is 0 Å². The highest BCUT2D eigenvalue weighted by Gasteiger charge is 2.06. The number of hydrogen-bond acceptors (Lipinski definition) is 3. The molecule has 2 N–H and O–H groups in total. The Bertz CT molecular complexity index is 450. The van der Waals surface area contributed by atoms with Gasteiger partial charge in [-0.2, -0.15) is 0 Å². The molecular formula is C11H10N2O2. The topological polar surface area (TPSA) is 62.2 Å². The summed E-state index contributed by atoms with van der Waals surface area (Å²) in [5, 5.41) is 11.9. The van der Waals surface area contributed by atoms with Crippen molar-refractivity contribution in [2.75, 3.05) is 6.54 Å². The van der Waals surface area contributed by atoms with E-state index in [2.05, 4.69) is 10.3 Å². The summed E-state index contributed by atoms with van der Waals surface area (Å²) in [4.78, 5) is 14.6. The minimum Gasteiger partial charge on any atom is -0.478 e. The molecule has 0 bridgehead atoms. The number of nitrogens with zero attached hydrogens (tertiary/aromatic N) is 1. The van der Waals surface area contributed by atoms with Crippen molar-refractivity contribution in [3.8, 4) is 0 Å². The van der Waals surface area contributed by atoms with Crippen LogP contribution in [0.3, 0.4) is 0 Å². The number of rotatable bonds is 2. The van der Waals surface area contributed by atoms with E-state index in [9.17, 15) is 4.79 Å². The zero-order valence-electron chi connectivity index (χ0n) is 7.97. The van der Waals surface area contributed by atoms with Crippen molar-refractivity contribution in [2.45, 2.75) is 0 Å². The summed E-state index contributed by atoms with van der Waals surface area (Å²) in [6.45, 7) is 0.801. The molecule has 4 heteroatoms. The van der Waals surface area contributed by atoms with Gasteiger partial charge in [-0.1, -0.05) is 12.2 Å². The molecule has 1 aliphatic heterocycles. The van der Waals surface area contributed by atoms with Crippen LogP contribution in [0.2, 0.25) is 0 Å². The first-order chi connectivity index (χ1) is 7.27. The van der Waals surface area contributed by atoms with Gasteiger partial charge in [-0.3, -0.25) is 4.98 Å². The minimum absolute atomic E-state index is 0.201. The lowest BCUT2D eigenvalue weighted by Crippen LogP contribution is -2.09. The van der Waals surface area contributed by atoms with Crippen LogP contribution in [0.1, 0.15) is 15.9 Å². The van der Waals surface area contributed by atoms with Gasteiger partial charge in [-0.25, -0.2) is 4.79 Å². The predicted octanol–water partition coefficient (Wildman–Crippen LogP) is 1.28. The quantitative estimate of drug-likeness (QED) is 0.758. The van der Waals surface area contributed by atoms with Gasteiger partial charge < -0.3 is 10.4 Å². The van der Waals surface area contributed by atoms with E-state index in [1.807, 2.05) is 18.4 Å². The number of hydrogen-bond donors (Lipinski definition) is 2. The molecule has 1 aromatic heterocycles. The Morgan fingerprint density at radius 3 is 3.00 bits per heavy atom. The predicted molar refractivity (Wildman–Crippen MR) is 56.3 cm³/mol. The number of allylic oxidation sites excluding steroid dienone is 2. The Morgan fingerprint density at radius 2 is 2.33 bits per heavy atom. The van der Waals surface area contributed by atoms with Gasteiger partial charge in [0.1, 0.15) is 0 Å². The van der Waals surface area contributed by atoms with Crippen LogP contribution >= 0.6 is 0 Å². The minimum atomic E-state index is -0.960. The standard InChI is InChI=1S/C11H10N2O2/c14-11(15)10-4-9(6-13-7-10)8-2-1-3-12-5-8/h1-2,4-7,12H,3H2,(H,14,15). The van der Waals surface area contributed by atoms with Crippen LogP contribution in [0.4, 0.5) is 0 Å². The second kappa shape index (κ2) is 3.96. The second-order valence-electron chi connectivity index (χ2n) is 3.18. The SMILES string of the molecule is O=C(O)c1cncc(C2=CNCC=C2)c1. The summed E-state index contributed by atoms with van der Waals surface area (Å²) in [7, 11) is 0. The molecule has 0 saturated heterocycles. The lowest BCUT2D eigenvalue weighted by molar-refractivity contribution is 0.0696. The van der Waals surface area contributed by atoms with E-state index in [0.29, 0.717) is 0 Å². The zero-order valence-corrected chi connectivity index (χ0v) is 7.97. The van der Waals surface area contributed by atoms with Crippen LogP contribution in [0.25, 0.3) is 5.57 Å². The van der Waals surface area contributed by atoms with E-state index in [1.165, 1.54) is 6.20 Å². The molecule has 0 radical (unpaired) electrons. The molecule has 15 heavy (non-hydrogen) atoms. The Labute approximate surface area is 87.0 Å². The maximum absolute atomic E-state index is 10.7. The fraction of sp³-hybridized carbons (Fsp3) is 0.0909. The third-order valence-corrected chi connectivity index (χ3v) is 2.11. The number of aromatic nitrogens is 1. The maximum atomic E-state index is 10.7. The third-order valence-electron chi connectivity index (χ3n) is 2.11. The van der Waals surface area contributed by atoms with Crippen LogP contribution in [0.5, 0.6) is 0 Å². The highest BCUT2D eigenvalue weighted by molar-refractivity contribution is 5.89. The molecule has 76 valence electrons. The Morgan fingerprint density at radius 1 is 1.47 bits per heavy atom. The molecular weight excluding hydrogens is 192 g/mol. The van der Waals surface area contributed by atoms with Crippen molar-refractivity contribution in [3.63, 3.8) is 0 Å². The highest BCUT2D eigenvalue weighted by atomic mass is 16.4. The molecule has 0 saturated carbocycles. The molecule has 2 rings (SSSR count). The van der Waals surface area contributed by atoms with Gasteiger partial charge in [0.05, 0.1) is 5.56 Å². The van der Waals surface area contributed by atoms with Crippen molar-refractivity contribution in [1.82, 2.24) is 10.3 Å². The fourth-order valence-corrected chi connectivity index (χ4v) is 1.37. The van der Waals surface area contributed by atoms with Gasteiger partial charge in [0.15, 0.2) is 0 Å². The van der Waals surface area contributed by atoms with Crippen LogP contribution < -0.4 is 5.32 Å². The number of dihydropyridines is 1. The van der Waals surface area contributed by atoms with Gasteiger partial charge in [-0.15, -0.1) is 0 Å². The molecule has 0 fully saturated rings. The van der Waals surface area contributed by atoms with Gasteiger partial charge in [0.25, 0.3) is 0 Å². The lowest BCUT2D eigenvalue weighted by Gasteiger charge is -2.08. The second-order valence-corrected chi connectivity index (χ2v) is 3.18. The van der Waals surface area contributed by atoms with Crippen molar-refractivity contribution < 1.29 is 9.90 Å². The monoisotopic (exact) mass is 202 g/mol. The molecule has 0 atom stereocenters. The number of carbonyl (C=O) groups is 1. The summed E-state index contributed by atoms with van der Waals surface area (Å²) in [5.41, 5.74) is 1.95. The fourth-order valence-electron chi connectivity index (χ4n) is 1.37. The number of carboxylic acids is 1. The Hall–Kier alpha value is -2.10. The van der Waals surface area contributed by atoms with E-state index >= 15 is 0 Å². The molecule has 4 nitrogen and oxygen atoms in total. The largest absolute Gasteiger partial charge is 0.478 e. The molecule has 0 amide bonds.